The molecule has 1 fully saturated rings. The van der Waals surface area contributed by atoms with Crippen LogP contribution >= 0.6 is 11.8 Å². The van der Waals surface area contributed by atoms with Crippen molar-refractivity contribution in [3.8, 4) is 0 Å². The van der Waals surface area contributed by atoms with E-state index in [1.807, 2.05) is 19.0 Å². The Balaban J connectivity index is 1.75. The molecule has 0 spiro atoms. The second-order valence-electron chi connectivity index (χ2n) is 7.81. The maximum Gasteiger partial charge on any atom is 0.294 e. The van der Waals surface area contributed by atoms with E-state index >= 15 is 0 Å². The van der Waals surface area contributed by atoms with Crippen LogP contribution in [0.5, 0.6) is 0 Å². The molecule has 1 saturated heterocycles. The maximum absolute atomic E-state index is 11.0. The summed E-state index contributed by atoms with van der Waals surface area (Å²) in [5.41, 5.74) is 4.17. The normalized spacial score (nSPS) is 26.7. The highest BCUT2D eigenvalue weighted by Crippen LogP contribution is 2.47. The van der Waals surface area contributed by atoms with E-state index in [1.54, 1.807) is 11.8 Å². The Bertz CT molecular complexity index is 819. The Hall–Kier alpha value is -1.50. The van der Waals surface area contributed by atoms with Crippen LogP contribution < -0.4 is 0 Å². The lowest BCUT2D eigenvalue weighted by atomic mass is 9.72. The molecule has 0 radical (unpaired) electrons. The summed E-state index contributed by atoms with van der Waals surface area (Å²) < 4.78 is 5.44. The second-order valence-corrected chi connectivity index (χ2v) is 8.62. The summed E-state index contributed by atoms with van der Waals surface area (Å²) in [4.78, 5) is 19.1. The number of nitrogens with zero attached hydrogens (tertiary/aromatic N) is 2. The van der Waals surface area contributed by atoms with Gasteiger partial charge in [0.25, 0.3) is 6.47 Å². The van der Waals surface area contributed by atoms with Gasteiger partial charge in [-0.1, -0.05) is 12.1 Å². The molecule has 6 heteroatoms. The van der Waals surface area contributed by atoms with Gasteiger partial charge in [0.05, 0.1) is 5.03 Å². The van der Waals surface area contributed by atoms with Crippen LogP contribution in [0.4, 0.5) is 0 Å². The first-order valence-electron chi connectivity index (χ1n) is 9.18. The molecule has 5 nitrogen and oxygen atoms in total. The molecule has 4 rings (SSSR count). The van der Waals surface area contributed by atoms with Crippen molar-refractivity contribution in [3.05, 3.63) is 29.3 Å². The zero-order valence-electron chi connectivity index (χ0n) is 15.9. The molecule has 140 valence electrons. The molecule has 1 aromatic heterocycles. The number of rotatable bonds is 5. The molecule has 2 heterocycles. The van der Waals surface area contributed by atoms with Crippen LogP contribution in [0.3, 0.4) is 0 Å². The van der Waals surface area contributed by atoms with Crippen molar-refractivity contribution >= 4 is 29.1 Å². The number of nitrogens with one attached hydrogen (secondary N) is 1. The monoisotopic (exact) mass is 373 g/mol. The number of likely N-dealkylation sites (N-methyl/N-ethyl adjacent to an activating group) is 1. The molecule has 1 N–H and O–H groups in total. The minimum absolute atomic E-state index is 0.176. The van der Waals surface area contributed by atoms with E-state index in [-0.39, 0.29) is 6.23 Å². The number of likely N-dealkylation sites (tertiary alicyclic amines) is 1. The first kappa shape index (κ1) is 17.9. The fraction of sp³-hybridized carbons (Fsp3) is 0.550. The number of thioether (sulfide) groups is 1. The van der Waals surface area contributed by atoms with Crippen LogP contribution in [0.2, 0.25) is 0 Å². The minimum Gasteiger partial charge on any atom is -0.448 e. The summed E-state index contributed by atoms with van der Waals surface area (Å²) in [6, 6.07) is 7.15. The van der Waals surface area contributed by atoms with Gasteiger partial charge in [-0.05, 0) is 57.4 Å². The van der Waals surface area contributed by atoms with Crippen molar-refractivity contribution in [3.63, 3.8) is 0 Å². The van der Waals surface area contributed by atoms with Gasteiger partial charge in [-0.3, -0.25) is 9.69 Å². The summed E-state index contributed by atoms with van der Waals surface area (Å²) in [5.74, 6) is 0.773. The van der Waals surface area contributed by atoms with Gasteiger partial charge in [-0.2, -0.15) is 0 Å². The lowest BCUT2D eigenvalue weighted by Gasteiger charge is -2.47. The highest BCUT2D eigenvalue weighted by molar-refractivity contribution is 7.98. The van der Waals surface area contributed by atoms with Crippen molar-refractivity contribution in [1.82, 2.24) is 14.8 Å². The van der Waals surface area contributed by atoms with Crippen LogP contribution in [0.1, 0.15) is 23.5 Å². The van der Waals surface area contributed by atoms with Crippen molar-refractivity contribution in [2.75, 3.05) is 33.9 Å². The average molecular weight is 374 g/mol. The Morgan fingerprint density at radius 3 is 2.92 bits per heavy atom. The molecular weight excluding hydrogens is 346 g/mol. The molecule has 1 aliphatic heterocycles. The van der Waals surface area contributed by atoms with Crippen LogP contribution in [0.15, 0.2) is 23.2 Å². The van der Waals surface area contributed by atoms with Crippen molar-refractivity contribution in [1.29, 1.82) is 0 Å². The van der Waals surface area contributed by atoms with Gasteiger partial charge in [-0.25, -0.2) is 0 Å². The van der Waals surface area contributed by atoms with E-state index < -0.39 is 0 Å². The van der Waals surface area contributed by atoms with Crippen molar-refractivity contribution in [2.45, 2.75) is 36.1 Å². The summed E-state index contributed by atoms with van der Waals surface area (Å²) in [7, 11) is 6.18. The number of piperidine rings is 1. The summed E-state index contributed by atoms with van der Waals surface area (Å²) in [5, 5.41) is 2.72. The zero-order valence-corrected chi connectivity index (χ0v) is 16.7. The predicted molar refractivity (Wildman–Crippen MR) is 106 cm³/mol. The van der Waals surface area contributed by atoms with Crippen LogP contribution in [-0.4, -0.2) is 67.5 Å². The standard InChI is InChI=1S/C20H27N3O2S/c1-22(2)20(25-11-24)12-8-14-13-6-5-7-16-18(13)15(19(21-16)26-4)9-17(14)23(3)10-12/h5-7,11-12,14,17,20-21H,8-10H2,1-4H3/t12?,14-,17-,20?/m0/s1. The van der Waals surface area contributed by atoms with Gasteiger partial charge >= 0.3 is 0 Å². The number of hydrogen-bond acceptors (Lipinski definition) is 5. The van der Waals surface area contributed by atoms with Gasteiger partial charge in [0, 0.05) is 35.3 Å². The Morgan fingerprint density at radius 1 is 1.42 bits per heavy atom. The molecule has 0 amide bonds. The second kappa shape index (κ2) is 6.91. The Kier molecular flexibility index (Phi) is 4.75. The number of carbonyl (C=O) groups excluding carboxylic acids is 1. The highest BCUT2D eigenvalue weighted by atomic mass is 32.2. The third kappa shape index (κ3) is 2.75. The summed E-state index contributed by atoms with van der Waals surface area (Å²) in [6.07, 6.45) is 4.10. The van der Waals surface area contributed by atoms with Gasteiger partial charge in [0.1, 0.15) is 0 Å². The van der Waals surface area contributed by atoms with Crippen LogP contribution in [-0.2, 0) is 16.0 Å². The number of aromatic amines is 1. The number of carbonyl (C=O) groups is 1. The van der Waals surface area contributed by atoms with Gasteiger partial charge in [0.15, 0.2) is 6.23 Å². The largest absolute Gasteiger partial charge is 0.448 e. The van der Waals surface area contributed by atoms with Gasteiger partial charge < -0.3 is 14.6 Å². The molecule has 0 saturated carbocycles. The maximum atomic E-state index is 11.0. The van der Waals surface area contributed by atoms with Crippen molar-refractivity contribution in [2.24, 2.45) is 5.92 Å². The molecule has 26 heavy (non-hydrogen) atoms. The van der Waals surface area contributed by atoms with E-state index in [1.165, 1.54) is 27.1 Å². The van der Waals surface area contributed by atoms with Crippen LogP contribution in [0, 0.1) is 5.92 Å². The first-order valence-corrected chi connectivity index (χ1v) is 10.4. The topological polar surface area (TPSA) is 48.6 Å². The number of ether oxygens (including phenoxy) is 1. The molecule has 1 aromatic carbocycles. The number of hydrogen-bond donors (Lipinski definition) is 1. The van der Waals surface area contributed by atoms with Gasteiger partial charge in [-0.15, -0.1) is 11.8 Å². The molecule has 2 aromatic rings. The quantitative estimate of drug-likeness (QED) is 0.496. The van der Waals surface area contributed by atoms with E-state index in [0.717, 1.165) is 19.4 Å². The van der Waals surface area contributed by atoms with E-state index in [4.69, 9.17) is 4.74 Å². The number of aromatic nitrogens is 1. The van der Waals surface area contributed by atoms with E-state index in [9.17, 15) is 4.79 Å². The van der Waals surface area contributed by atoms with Crippen molar-refractivity contribution < 1.29 is 9.53 Å². The fourth-order valence-electron chi connectivity index (χ4n) is 5.13. The molecule has 4 atom stereocenters. The molecule has 2 unspecified atom stereocenters. The molecular formula is C20H27N3O2S. The molecule has 1 aliphatic carbocycles. The fourth-order valence-corrected chi connectivity index (χ4v) is 5.77. The SMILES string of the molecule is CSc1[nH]c2cccc3c2c1C[C@H]1[C@H]3CC(C(OC=O)N(C)C)CN1C. The molecule has 2 aliphatic rings. The molecule has 0 bridgehead atoms. The first-order chi connectivity index (χ1) is 12.5. The predicted octanol–water partition coefficient (Wildman–Crippen LogP) is 2.91. The number of fused-ring (bicyclic) bond motifs is 2. The Labute approximate surface area is 159 Å². The third-order valence-electron chi connectivity index (χ3n) is 6.15. The highest BCUT2D eigenvalue weighted by Gasteiger charge is 2.43. The third-order valence-corrected chi connectivity index (χ3v) is 6.91. The number of H-pyrrole nitrogens is 1. The van der Waals surface area contributed by atoms with Crippen LogP contribution in [0.25, 0.3) is 10.9 Å². The Morgan fingerprint density at radius 2 is 2.23 bits per heavy atom. The minimum atomic E-state index is -0.176. The van der Waals surface area contributed by atoms with E-state index in [2.05, 4.69) is 41.4 Å². The smallest absolute Gasteiger partial charge is 0.294 e. The average Bonchev–Trinajstić information content (AvgIpc) is 2.99. The lowest BCUT2D eigenvalue weighted by molar-refractivity contribution is -0.149. The lowest BCUT2D eigenvalue weighted by Crippen LogP contribution is -2.53. The number of benzene rings is 1. The van der Waals surface area contributed by atoms with E-state index in [0.29, 0.717) is 24.3 Å². The summed E-state index contributed by atoms with van der Waals surface area (Å²) >= 11 is 1.81. The zero-order chi connectivity index (χ0) is 18.4. The summed E-state index contributed by atoms with van der Waals surface area (Å²) in [6.45, 7) is 1.54. The van der Waals surface area contributed by atoms with Gasteiger partial charge in [0.2, 0.25) is 0 Å².